The van der Waals surface area contributed by atoms with E-state index in [-0.39, 0.29) is 17.4 Å². The van der Waals surface area contributed by atoms with Crippen LogP contribution >= 0.6 is 0 Å². The van der Waals surface area contributed by atoms with Gasteiger partial charge in [-0.1, -0.05) is 39.8 Å². The predicted molar refractivity (Wildman–Crippen MR) is 106 cm³/mol. The molecule has 0 aliphatic heterocycles. The molecule has 0 radical (unpaired) electrons. The van der Waals surface area contributed by atoms with Crippen LogP contribution in [0.25, 0.3) is 6.08 Å². The topological polar surface area (TPSA) is 67.4 Å². The Balaban J connectivity index is 2.93. The molecule has 0 unspecified atom stereocenters. The molecule has 0 bridgehead atoms. The van der Waals surface area contributed by atoms with Crippen molar-refractivity contribution < 1.29 is 14.3 Å². The largest absolute Gasteiger partial charge is 0.497 e. The average molecular weight is 360 g/mol. The number of hydrogen-bond acceptors (Lipinski definition) is 3. The second kappa shape index (κ2) is 11.3. The molecule has 2 amide bonds. The number of hydrogen-bond donors (Lipinski definition) is 2. The lowest BCUT2D eigenvalue weighted by molar-refractivity contribution is -0.123. The quantitative estimate of drug-likeness (QED) is 0.382. The van der Waals surface area contributed by atoms with Gasteiger partial charge >= 0.3 is 0 Å². The summed E-state index contributed by atoms with van der Waals surface area (Å²) >= 11 is 0. The molecule has 5 nitrogen and oxygen atoms in total. The maximum absolute atomic E-state index is 12.6. The van der Waals surface area contributed by atoms with Crippen molar-refractivity contribution in [3.8, 4) is 5.75 Å². The van der Waals surface area contributed by atoms with E-state index in [9.17, 15) is 9.59 Å². The average Bonchev–Trinajstić information content (AvgIpc) is 2.58. The molecule has 26 heavy (non-hydrogen) atoms. The lowest BCUT2D eigenvalue weighted by Crippen LogP contribution is -2.36. The highest BCUT2D eigenvalue weighted by Crippen LogP contribution is 2.16. The van der Waals surface area contributed by atoms with E-state index >= 15 is 0 Å². The van der Waals surface area contributed by atoms with Crippen molar-refractivity contribution in [2.75, 3.05) is 20.2 Å². The summed E-state index contributed by atoms with van der Waals surface area (Å²) in [5.41, 5.74) is 0.864. The van der Waals surface area contributed by atoms with E-state index in [2.05, 4.69) is 38.3 Å². The van der Waals surface area contributed by atoms with Gasteiger partial charge in [-0.15, -0.1) is 0 Å². The fourth-order valence-electron chi connectivity index (χ4n) is 2.27. The third-order valence-corrected chi connectivity index (χ3v) is 3.91. The summed E-state index contributed by atoms with van der Waals surface area (Å²) in [4.78, 5) is 25.1. The van der Waals surface area contributed by atoms with Gasteiger partial charge in [0.2, 0.25) is 0 Å². The van der Waals surface area contributed by atoms with Crippen molar-refractivity contribution in [3.63, 3.8) is 0 Å². The molecule has 0 saturated carbocycles. The molecule has 0 aliphatic rings. The number of amides is 2. The summed E-state index contributed by atoms with van der Waals surface area (Å²) in [7, 11) is 1.58. The Morgan fingerprint density at radius 1 is 1.00 bits per heavy atom. The predicted octanol–water partition coefficient (Wildman–Crippen LogP) is 3.40. The van der Waals surface area contributed by atoms with E-state index in [1.54, 1.807) is 19.3 Å². The third kappa shape index (κ3) is 8.19. The van der Waals surface area contributed by atoms with Crippen LogP contribution in [-0.4, -0.2) is 32.0 Å². The van der Waals surface area contributed by atoms with Crippen molar-refractivity contribution >= 4 is 17.9 Å². The lowest BCUT2D eigenvalue weighted by Gasteiger charge is -2.12. The van der Waals surface area contributed by atoms with Crippen molar-refractivity contribution in [3.05, 3.63) is 35.4 Å². The molecule has 2 N–H and O–H groups in total. The molecule has 144 valence electrons. The van der Waals surface area contributed by atoms with Crippen LogP contribution in [0.3, 0.4) is 0 Å². The molecular formula is C21H32N2O3. The zero-order valence-electron chi connectivity index (χ0n) is 16.6. The molecular weight excluding hydrogens is 328 g/mol. The first kappa shape index (κ1) is 21.7. The molecule has 5 heteroatoms. The van der Waals surface area contributed by atoms with Crippen LogP contribution in [0.5, 0.6) is 5.75 Å². The molecule has 1 aromatic carbocycles. The van der Waals surface area contributed by atoms with Crippen LogP contribution in [0.2, 0.25) is 0 Å². The Bertz CT molecular complexity index is 593. The van der Waals surface area contributed by atoms with Crippen LogP contribution in [0, 0.1) is 11.8 Å². The highest BCUT2D eigenvalue weighted by atomic mass is 16.5. The van der Waals surface area contributed by atoms with E-state index in [1.165, 1.54) is 0 Å². The van der Waals surface area contributed by atoms with Gasteiger partial charge in [0.1, 0.15) is 11.3 Å². The molecule has 0 aliphatic carbocycles. The summed E-state index contributed by atoms with van der Waals surface area (Å²) in [6, 6.07) is 7.28. The molecule has 1 aromatic rings. The minimum absolute atomic E-state index is 0.116. The van der Waals surface area contributed by atoms with Crippen molar-refractivity contribution in [2.24, 2.45) is 11.8 Å². The van der Waals surface area contributed by atoms with Crippen LogP contribution in [0.1, 0.15) is 46.1 Å². The summed E-state index contributed by atoms with van der Waals surface area (Å²) in [5.74, 6) is 0.950. The third-order valence-electron chi connectivity index (χ3n) is 3.91. The second-order valence-corrected chi connectivity index (χ2v) is 7.21. The highest BCUT2D eigenvalue weighted by Gasteiger charge is 2.18. The van der Waals surface area contributed by atoms with Gasteiger partial charge in [0.05, 0.1) is 7.11 Å². The fraction of sp³-hybridized carbons (Fsp3) is 0.524. The van der Waals surface area contributed by atoms with Crippen molar-refractivity contribution in [1.82, 2.24) is 10.6 Å². The number of ether oxygens (including phenoxy) is 1. The van der Waals surface area contributed by atoms with E-state index < -0.39 is 0 Å². The monoisotopic (exact) mass is 360 g/mol. The Hall–Kier alpha value is -2.30. The van der Waals surface area contributed by atoms with Gasteiger partial charge in [-0.25, -0.2) is 0 Å². The molecule has 0 fully saturated rings. The van der Waals surface area contributed by atoms with E-state index in [0.29, 0.717) is 30.7 Å². The van der Waals surface area contributed by atoms with E-state index in [4.69, 9.17) is 4.74 Å². The highest BCUT2D eigenvalue weighted by molar-refractivity contribution is 6.21. The van der Waals surface area contributed by atoms with Crippen LogP contribution in [0.4, 0.5) is 0 Å². The second-order valence-electron chi connectivity index (χ2n) is 7.21. The summed E-state index contributed by atoms with van der Waals surface area (Å²) in [6.45, 7) is 9.47. The first-order valence-corrected chi connectivity index (χ1v) is 9.25. The minimum atomic E-state index is -0.351. The van der Waals surface area contributed by atoms with E-state index in [1.807, 2.05) is 18.2 Å². The van der Waals surface area contributed by atoms with Gasteiger partial charge in [-0.3, -0.25) is 9.59 Å². The zero-order chi connectivity index (χ0) is 19.5. The molecule has 0 aromatic heterocycles. The van der Waals surface area contributed by atoms with Gasteiger partial charge in [-0.2, -0.15) is 0 Å². The lowest BCUT2D eigenvalue weighted by atomic mass is 10.1. The molecule has 1 rings (SSSR count). The number of carbonyl (C=O) groups is 2. The maximum Gasteiger partial charge on any atom is 0.256 e. The van der Waals surface area contributed by atoms with E-state index in [0.717, 1.165) is 18.4 Å². The smallest absolute Gasteiger partial charge is 0.256 e. The summed E-state index contributed by atoms with van der Waals surface area (Å²) in [6.07, 6.45) is 3.35. The Morgan fingerprint density at radius 2 is 1.54 bits per heavy atom. The van der Waals surface area contributed by atoms with Crippen LogP contribution in [-0.2, 0) is 9.59 Å². The molecule has 0 atom stereocenters. The van der Waals surface area contributed by atoms with Gasteiger partial charge < -0.3 is 15.4 Å². The molecule has 0 heterocycles. The first-order valence-electron chi connectivity index (χ1n) is 9.25. The van der Waals surface area contributed by atoms with Crippen molar-refractivity contribution in [2.45, 2.75) is 40.5 Å². The van der Waals surface area contributed by atoms with Gasteiger partial charge in [-0.05, 0) is 48.4 Å². The molecule has 0 saturated heterocycles. The summed E-state index contributed by atoms with van der Waals surface area (Å²) < 4.78 is 5.21. The van der Waals surface area contributed by atoms with Gasteiger partial charge in [0, 0.05) is 13.1 Å². The number of benzene rings is 1. The standard InChI is InChI=1S/C21H32N2O3/c1-15(2)9-11-22-20(24)19(21(25)23-12-10-16(3)4)14-17-7-6-8-18(13-17)26-5/h6-8,13-16H,9-12H2,1-5H3,(H,22,24)(H,23,25). The first-order chi connectivity index (χ1) is 12.3. The fourth-order valence-corrected chi connectivity index (χ4v) is 2.27. The van der Waals surface area contributed by atoms with Gasteiger partial charge in [0.25, 0.3) is 11.8 Å². The minimum Gasteiger partial charge on any atom is -0.497 e. The van der Waals surface area contributed by atoms with Crippen LogP contribution in [0.15, 0.2) is 29.8 Å². The maximum atomic E-state index is 12.6. The SMILES string of the molecule is COc1cccc(C=C(C(=O)NCCC(C)C)C(=O)NCCC(C)C)c1. The number of methoxy groups -OCH3 is 1. The Morgan fingerprint density at radius 3 is 2.00 bits per heavy atom. The Labute approximate surface area is 157 Å². The number of nitrogens with one attached hydrogen (secondary N) is 2. The molecule has 0 spiro atoms. The van der Waals surface area contributed by atoms with Gasteiger partial charge in [0.15, 0.2) is 0 Å². The normalized spacial score (nSPS) is 10.6. The Kier molecular flexibility index (Phi) is 9.48. The number of rotatable bonds is 10. The zero-order valence-corrected chi connectivity index (χ0v) is 16.6. The number of carbonyl (C=O) groups excluding carboxylic acids is 2. The summed E-state index contributed by atoms with van der Waals surface area (Å²) in [5, 5.41) is 5.69. The van der Waals surface area contributed by atoms with Crippen molar-refractivity contribution in [1.29, 1.82) is 0 Å². The van der Waals surface area contributed by atoms with Crippen LogP contribution < -0.4 is 15.4 Å².